The van der Waals surface area contributed by atoms with Gasteiger partial charge in [-0.1, -0.05) is 13.8 Å². The maximum absolute atomic E-state index is 11.5. The zero-order chi connectivity index (χ0) is 12.6. The van der Waals surface area contributed by atoms with Crippen LogP contribution in [-0.4, -0.2) is 24.3 Å². The number of ether oxygens (including phenoxy) is 1. The topological polar surface area (TPSA) is 59.7 Å². The number of furan rings is 1. The standard InChI is InChI=1S/C13H18O4/c1-8(2)11(12(14)15)13(6-16-7-13)10-5-4-9(3)17-10/h4-5,8,11H,6-7H2,1-3H3,(H,14,15). The fraction of sp³-hybridized carbons (Fsp3) is 0.615. The van der Waals surface area contributed by atoms with Gasteiger partial charge in [-0.25, -0.2) is 0 Å². The molecule has 94 valence electrons. The number of hydrogen-bond donors (Lipinski definition) is 1. The van der Waals surface area contributed by atoms with Crippen molar-refractivity contribution < 1.29 is 19.1 Å². The van der Waals surface area contributed by atoms with Crippen molar-refractivity contribution in [2.45, 2.75) is 26.2 Å². The summed E-state index contributed by atoms with van der Waals surface area (Å²) in [7, 11) is 0. The fourth-order valence-corrected chi connectivity index (χ4v) is 2.66. The van der Waals surface area contributed by atoms with Crippen LogP contribution in [0.5, 0.6) is 0 Å². The van der Waals surface area contributed by atoms with E-state index in [9.17, 15) is 9.90 Å². The predicted molar refractivity (Wildman–Crippen MR) is 61.9 cm³/mol. The Balaban J connectivity index is 2.39. The molecule has 17 heavy (non-hydrogen) atoms. The van der Waals surface area contributed by atoms with Crippen molar-refractivity contribution >= 4 is 5.97 Å². The van der Waals surface area contributed by atoms with Crippen LogP contribution in [-0.2, 0) is 14.9 Å². The summed E-state index contributed by atoms with van der Waals surface area (Å²) in [5, 5.41) is 9.42. The van der Waals surface area contributed by atoms with E-state index in [-0.39, 0.29) is 5.92 Å². The molecule has 0 bridgehead atoms. The van der Waals surface area contributed by atoms with Crippen LogP contribution < -0.4 is 0 Å². The SMILES string of the molecule is Cc1ccc(C2(C(C(=O)O)C(C)C)COC2)o1. The molecule has 2 heterocycles. The number of aryl methyl sites for hydroxylation is 1. The molecule has 0 radical (unpaired) electrons. The maximum Gasteiger partial charge on any atom is 0.307 e. The first-order valence-electron chi connectivity index (χ1n) is 5.85. The zero-order valence-electron chi connectivity index (χ0n) is 10.4. The molecule has 1 unspecified atom stereocenters. The van der Waals surface area contributed by atoms with Gasteiger partial charge in [0.25, 0.3) is 0 Å². The highest BCUT2D eigenvalue weighted by atomic mass is 16.5. The van der Waals surface area contributed by atoms with Gasteiger partial charge in [-0.3, -0.25) is 4.79 Å². The van der Waals surface area contributed by atoms with Crippen LogP contribution in [0.1, 0.15) is 25.4 Å². The van der Waals surface area contributed by atoms with E-state index in [4.69, 9.17) is 9.15 Å². The van der Waals surface area contributed by atoms with Crippen molar-refractivity contribution in [1.29, 1.82) is 0 Å². The Morgan fingerprint density at radius 2 is 2.06 bits per heavy atom. The van der Waals surface area contributed by atoms with Crippen LogP contribution in [0.3, 0.4) is 0 Å². The third-order valence-electron chi connectivity index (χ3n) is 3.48. The molecule has 4 heteroatoms. The summed E-state index contributed by atoms with van der Waals surface area (Å²) >= 11 is 0. The molecular weight excluding hydrogens is 220 g/mol. The molecule has 4 nitrogen and oxygen atoms in total. The van der Waals surface area contributed by atoms with Crippen LogP contribution in [0.15, 0.2) is 16.5 Å². The average molecular weight is 238 g/mol. The number of carbonyl (C=O) groups is 1. The van der Waals surface area contributed by atoms with Crippen LogP contribution in [0.4, 0.5) is 0 Å². The zero-order valence-corrected chi connectivity index (χ0v) is 10.4. The van der Waals surface area contributed by atoms with Gasteiger partial charge in [-0.2, -0.15) is 0 Å². The van der Waals surface area contributed by atoms with Gasteiger partial charge < -0.3 is 14.3 Å². The second kappa shape index (κ2) is 4.18. The Morgan fingerprint density at radius 3 is 2.35 bits per heavy atom. The largest absolute Gasteiger partial charge is 0.481 e. The van der Waals surface area contributed by atoms with Gasteiger partial charge in [0, 0.05) is 0 Å². The van der Waals surface area contributed by atoms with Crippen LogP contribution in [0, 0.1) is 18.8 Å². The van der Waals surface area contributed by atoms with E-state index in [0.717, 1.165) is 11.5 Å². The molecule has 1 saturated heterocycles. The molecular formula is C13H18O4. The average Bonchev–Trinajstić information content (AvgIpc) is 2.56. The molecule has 1 fully saturated rings. The molecule has 0 aromatic carbocycles. The lowest BCUT2D eigenvalue weighted by Crippen LogP contribution is -2.56. The highest BCUT2D eigenvalue weighted by molar-refractivity contribution is 5.73. The van der Waals surface area contributed by atoms with Crippen molar-refractivity contribution in [2.24, 2.45) is 11.8 Å². The smallest absolute Gasteiger partial charge is 0.307 e. The molecule has 1 aromatic heterocycles. The second-order valence-electron chi connectivity index (χ2n) is 5.12. The van der Waals surface area contributed by atoms with Gasteiger partial charge in [0.2, 0.25) is 0 Å². The quantitative estimate of drug-likeness (QED) is 0.873. The van der Waals surface area contributed by atoms with E-state index in [1.54, 1.807) is 0 Å². The van der Waals surface area contributed by atoms with E-state index in [0.29, 0.717) is 13.2 Å². The van der Waals surface area contributed by atoms with E-state index in [1.807, 2.05) is 32.9 Å². The number of aliphatic carboxylic acids is 1. The lowest BCUT2D eigenvalue weighted by Gasteiger charge is -2.45. The van der Waals surface area contributed by atoms with Crippen molar-refractivity contribution in [3.05, 3.63) is 23.7 Å². The Labute approximate surface area is 101 Å². The van der Waals surface area contributed by atoms with E-state index < -0.39 is 17.3 Å². The number of carboxylic acid groups (broad SMARTS) is 1. The van der Waals surface area contributed by atoms with Gasteiger partial charge >= 0.3 is 5.97 Å². The molecule has 1 aliphatic heterocycles. The molecule has 0 aliphatic carbocycles. The summed E-state index contributed by atoms with van der Waals surface area (Å²) in [6, 6.07) is 3.74. The molecule has 2 rings (SSSR count). The Hall–Kier alpha value is -1.29. The van der Waals surface area contributed by atoms with Gasteiger partial charge in [-0.05, 0) is 25.0 Å². The molecule has 0 spiro atoms. The third-order valence-corrected chi connectivity index (χ3v) is 3.48. The monoisotopic (exact) mass is 238 g/mol. The lowest BCUT2D eigenvalue weighted by atomic mass is 9.67. The van der Waals surface area contributed by atoms with Crippen LogP contribution >= 0.6 is 0 Å². The molecule has 0 amide bonds. The fourth-order valence-electron chi connectivity index (χ4n) is 2.66. The number of carboxylic acids is 1. The summed E-state index contributed by atoms with van der Waals surface area (Å²) in [6.45, 7) is 6.56. The highest BCUT2D eigenvalue weighted by Crippen LogP contribution is 2.43. The molecule has 1 N–H and O–H groups in total. The first-order chi connectivity index (χ1) is 7.97. The molecule has 0 saturated carbocycles. The molecule has 1 atom stereocenters. The summed E-state index contributed by atoms with van der Waals surface area (Å²) < 4.78 is 10.9. The first-order valence-corrected chi connectivity index (χ1v) is 5.85. The summed E-state index contributed by atoms with van der Waals surface area (Å²) in [6.07, 6.45) is 0. The Morgan fingerprint density at radius 1 is 1.41 bits per heavy atom. The number of hydrogen-bond acceptors (Lipinski definition) is 3. The minimum absolute atomic E-state index is 0.0433. The third kappa shape index (κ3) is 1.86. The van der Waals surface area contributed by atoms with Gasteiger partial charge in [0.1, 0.15) is 11.5 Å². The number of rotatable bonds is 4. The molecule has 1 aliphatic rings. The van der Waals surface area contributed by atoms with Crippen molar-refractivity contribution in [2.75, 3.05) is 13.2 Å². The van der Waals surface area contributed by atoms with Crippen molar-refractivity contribution in [3.8, 4) is 0 Å². The van der Waals surface area contributed by atoms with Crippen molar-refractivity contribution in [3.63, 3.8) is 0 Å². The van der Waals surface area contributed by atoms with Crippen LogP contribution in [0.2, 0.25) is 0 Å². The van der Waals surface area contributed by atoms with Gasteiger partial charge in [0.15, 0.2) is 0 Å². The summed E-state index contributed by atoms with van der Waals surface area (Å²) in [4.78, 5) is 11.5. The normalized spacial score (nSPS) is 20.0. The van der Waals surface area contributed by atoms with E-state index in [1.165, 1.54) is 0 Å². The minimum Gasteiger partial charge on any atom is -0.481 e. The first kappa shape index (κ1) is 12.2. The summed E-state index contributed by atoms with van der Waals surface area (Å²) in [5.74, 6) is 0.336. The van der Waals surface area contributed by atoms with E-state index in [2.05, 4.69) is 0 Å². The Kier molecular flexibility index (Phi) is 3.00. The Bertz CT molecular complexity index is 415. The van der Waals surface area contributed by atoms with E-state index >= 15 is 0 Å². The second-order valence-corrected chi connectivity index (χ2v) is 5.12. The van der Waals surface area contributed by atoms with Gasteiger partial charge in [-0.15, -0.1) is 0 Å². The van der Waals surface area contributed by atoms with Crippen LogP contribution in [0.25, 0.3) is 0 Å². The lowest BCUT2D eigenvalue weighted by molar-refractivity contribution is -0.163. The summed E-state index contributed by atoms with van der Waals surface area (Å²) in [5.41, 5.74) is -0.492. The minimum atomic E-state index is -0.780. The highest BCUT2D eigenvalue weighted by Gasteiger charge is 2.53. The molecule has 1 aromatic rings. The van der Waals surface area contributed by atoms with Crippen molar-refractivity contribution in [1.82, 2.24) is 0 Å². The predicted octanol–water partition coefficient (Wildman–Crippen LogP) is 2.21. The van der Waals surface area contributed by atoms with Gasteiger partial charge in [0.05, 0.1) is 24.5 Å². The maximum atomic E-state index is 11.5.